The minimum atomic E-state index is -1.18. The number of ether oxygens (including phenoxy) is 2. The predicted molar refractivity (Wildman–Crippen MR) is 151 cm³/mol. The first-order valence-electron chi connectivity index (χ1n) is 12.2. The van der Waals surface area contributed by atoms with Crippen molar-refractivity contribution < 1.29 is 23.3 Å². The number of nitrogens with one attached hydrogen (secondary N) is 1. The van der Waals surface area contributed by atoms with Crippen LogP contribution in [0.25, 0.3) is 0 Å². The zero-order chi connectivity index (χ0) is 28.4. The van der Waals surface area contributed by atoms with E-state index in [1.54, 1.807) is 37.8 Å². The normalized spacial score (nSPS) is 15.2. The van der Waals surface area contributed by atoms with Crippen LogP contribution in [0.1, 0.15) is 59.9 Å². The van der Waals surface area contributed by atoms with Crippen molar-refractivity contribution in [1.82, 2.24) is 10.2 Å². The summed E-state index contributed by atoms with van der Waals surface area (Å²) in [5.74, 6) is 1.00. The maximum absolute atomic E-state index is 12.4. The lowest BCUT2D eigenvalue weighted by Gasteiger charge is -2.32. The number of hydrogen-bond donors (Lipinski definition) is 2. The van der Waals surface area contributed by atoms with Crippen LogP contribution in [-0.2, 0) is 26.9 Å². The average Bonchev–Trinajstić information content (AvgIpc) is 2.78. The molecule has 37 heavy (non-hydrogen) atoms. The van der Waals surface area contributed by atoms with E-state index in [9.17, 15) is 13.8 Å². The molecule has 0 aromatic heterocycles. The van der Waals surface area contributed by atoms with E-state index in [2.05, 4.69) is 11.9 Å². The van der Waals surface area contributed by atoms with E-state index < -0.39 is 22.7 Å². The molecule has 1 fully saturated rings. The Morgan fingerprint density at radius 1 is 1.16 bits per heavy atom. The van der Waals surface area contributed by atoms with E-state index in [-0.39, 0.29) is 17.2 Å². The van der Waals surface area contributed by atoms with Gasteiger partial charge in [0.15, 0.2) is 0 Å². The first-order chi connectivity index (χ1) is 17.0. The molecule has 1 aromatic carbocycles. The highest BCUT2D eigenvalue weighted by Crippen LogP contribution is 2.34. The molecule has 0 saturated carbocycles. The molecule has 0 aliphatic carbocycles. The third kappa shape index (κ3) is 13.0. The summed E-state index contributed by atoms with van der Waals surface area (Å²) in [7, 11) is -1.18. The van der Waals surface area contributed by atoms with E-state index in [1.165, 1.54) is 0 Å². The van der Waals surface area contributed by atoms with Gasteiger partial charge in [-0.15, -0.1) is 0 Å². The third-order valence-corrected chi connectivity index (χ3v) is 7.25. The third-order valence-electron chi connectivity index (χ3n) is 5.32. The van der Waals surface area contributed by atoms with Crippen molar-refractivity contribution in [2.45, 2.75) is 71.2 Å². The van der Waals surface area contributed by atoms with Gasteiger partial charge in [0.05, 0.1) is 25.8 Å². The Morgan fingerprint density at radius 3 is 2.19 bits per heavy atom. The molecule has 1 atom stereocenters. The van der Waals surface area contributed by atoms with Crippen LogP contribution in [0, 0.1) is 5.92 Å². The standard InChI is InChI=1S/C22H30Cl2N2O4.C4H11NOS/c1-5-10-29-19-13-18(24)17(23)12-16(19)11-15-6-8-26(9-7-15)20(27)14-25-21(28)30-22(2,3)4;1-4(2,3)7(5)6/h5,12-13,15H,1,6-11,14H2,2-4H3,(H,25,28);5H2,1-3H3. The molecule has 0 spiro atoms. The summed E-state index contributed by atoms with van der Waals surface area (Å²) in [6.07, 6.45) is 3.61. The molecule has 1 aliphatic rings. The molecule has 0 bridgehead atoms. The van der Waals surface area contributed by atoms with Crippen molar-refractivity contribution in [3.05, 3.63) is 40.4 Å². The fourth-order valence-corrected chi connectivity index (χ4v) is 3.62. The highest BCUT2D eigenvalue weighted by Gasteiger charge is 2.25. The predicted octanol–water partition coefficient (Wildman–Crippen LogP) is 5.27. The van der Waals surface area contributed by atoms with Crippen LogP contribution in [0.3, 0.4) is 0 Å². The highest BCUT2D eigenvalue weighted by atomic mass is 35.5. The molecule has 11 heteroatoms. The van der Waals surface area contributed by atoms with Crippen LogP contribution in [0.5, 0.6) is 5.75 Å². The maximum atomic E-state index is 12.4. The lowest BCUT2D eigenvalue weighted by Crippen LogP contribution is -2.45. The number of likely N-dealkylation sites (tertiary alicyclic amines) is 1. The van der Waals surface area contributed by atoms with Gasteiger partial charge in [0.2, 0.25) is 5.91 Å². The number of carbonyl (C=O) groups excluding carboxylic acids is 2. The maximum Gasteiger partial charge on any atom is 0.408 e. The fraction of sp³-hybridized carbons (Fsp3) is 0.615. The van der Waals surface area contributed by atoms with Gasteiger partial charge in [0.25, 0.3) is 0 Å². The Bertz CT molecular complexity index is 953. The molecule has 1 aromatic rings. The van der Waals surface area contributed by atoms with Gasteiger partial charge in [-0.1, -0.05) is 35.9 Å². The van der Waals surface area contributed by atoms with E-state index in [1.807, 2.05) is 26.8 Å². The molecule has 8 nitrogen and oxygen atoms in total. The number of amides is 2. The van der Waals surface area contributed by atoms with Crippen molar-refractivity contribution in [1.29, 1.82) is 0 Å². The molecule has 3 N–H and O–H groups in total. The summed E-state index contributed by atoms with van der Waals surface area (Å²) in [6.45, 7) is 16.1. The van der Waals surface area contributed by atoms with Gasteiger partial charge in [-0.25, -0.2) is 9.00 Å². The van der Waals surface area contributed by atoms with Gasteiger partial charge in [0.1, 0.15) is 24.5 Å². The number of carbonyl (C=O) groups is 2. The molecule has 1 unspecified atom stereocenters. The number of alkyl carbamates (subject to hydrolysis) is 1. The summed E-state index contributed by atoms with van der Waals surface area (Å²) >= 11 is 12.3. The van der Waals surface area contributed by atoms with Gasteiger partial charge >= 0.3 is 6.09 Å². The van der Waals surface area contributed by atoms with Crippen molar-refractivity contribution in [2.24, 2.45) is 11.1 Å². The topological polar surface area (TPSA) is 111 Å². The number of piperidine rings is 1. The molecule has 0 radical (unpaired) electrons. The van der Waals surface area contributed by atoms with Crippen LogP contribution in [-0.4, -0.2) is 57.7 Å². The summed E-state index contributed by atoms with van der Waals surface area (Å²) in [6, 6.07) is 3.59. The second-order valence-electron chi connectivity index (χ2n) is 10.8. The number of nitrogens with two attached hydrogens (primary N) is 1. The quantitative estimate of drug-likeness (QED) is 0.429. The van der Waals surface area contributed by atoms with Gasteiger partial charge in [0, 0.05) is 19.2 Å². The van der Waals surface area contributed by atoms with Gasteiger partial charge < -0.3 is 19.7 Å². The first-order valence-corrected chi connectivity index (χ1v) is 14.1. The molecular weight excluding hydrogens is 537 g/mol. The van der Waals surface area contributed by atoms with Crippen molar-refractivity contribution in [3.8, 4) is 5.75 Å². The van der Waals surface area contributed by atoms with E-state index in [0.29, 0.717) is 41.4 Å². The summed E-state index contributed by atoms with van der Waals surface area (Å²) < 4.78 is 21.0. The summed E-state index contributed by atoms with van der Waals surface area (Å²) in [5, 5.41) is 8.52. The molecule has 1 heterocycles. The molecular formula is C26H41Cl2N3O5S. The zero-order valence-electron chi connectivity index (χ0n) is 22.7. The van der Waals surface area contributed by atoms with Gasteiger partial charge in [-0.3, -0.25) is 9.93 Å². The average molecular weight is 579 g/mol. The minimum absolute atomic E-state index is 0.0636. The van der Waals surface area contributed by atoms with E-state index in [0.717, 1.165) is 24.8 Å². The molecule has 1 aliphatic heterocycles. The Morgan fingerprint density at radius 2 is 1.70 bits per heavy atom. The van der Waals surface area contributed by atoms with Crippen molar-refractivity contribution >= 4 is 46.2 Å². The summed E-state index contributed by atoms with van der Waals surface area (Å²) in [5.41, 5.74) is 0.409. The summed E-state index contributed by atoms with van der Waals surface area (Å²) in [4.78, 5) is 25.9. The number of nitrogens with zero attached hydrogens (tertiary/aromatic N) is 1. The highest BCUT2D eigenvalue weighted by molar-refractivity contribution is 7.84. The number of rotatable bonds is 7. The molecule has 2 rings (SSSR count). The number of hydrogen-bond acceptors (Lipinski definition) is 5. The SMILES string of the molecule is C=CCOc1cc(Cl)c(Cl)cc1CC1CCN(C(=O)CNC(=O)OC(C)(C)C)CC1.CC(C)(C)S(N)=O. The van der Waals surface area contributed by atoms with Crippen LogP contribution in [0.4, 0.5) is 4.79 Å². The van der Waals surface area contributed by atoms with E-state index >= 15 is 0 Å². The van der Waals surface area contributed by atoms with Gasteiger partial charge in [-0.05, 0) is 78.4 Å². The lowest BCUT2D eigenvalue weighted by molar-refractivity contribution is -0.131. The minimum Gasteiger partial charge on any atom is -0.489 e. The fourth-order valence-electron chi connectivity index (χ4n) is 3.28. The van der Waals surface area contributed by atoms with Crippen LogP contribution < -0.4 is 15.2 Å². The molecule has 210 valence electrons. The second kappa shape index (κ2) is 15.0. The first kappa shape index (κ1) is 33.2. The van der Waals surface area contributed by atoms with E-state index in [4.69, 9.17) is 37.8 Å². The zero-order valence-corrected chi connectivity index (χ0v) is 25.0. The smallest absolute Gasteiger partial charge is 0.408 e. The Balaban J connectivity index is 0.000000856. The monoisotopic (exact) mass is 577 g/mol. The van der Waals surface area contributed by atoms with Crippen LogP contribution in [0.2, 0.25) is 10.0 Å². The van der Waals surface area contributed by atoms with Crippen LogP contribution >= 0.6 is 23.2 Å². The van der Waals surface area contributed by atoms with Crippen molar-refractivity contribution in [3.63, 3.8) is 0 Å². The second-order valence-corrected chi connectivity index (χ2v) is 13.4. The van der Waals surface area contributed by atoms with Crippen LogP contribution in [0.15, 0.2) is 24.8 Å². The Hall–Kier alpha value is -1.81. The molecule has 2 amide bonds. The number of halogens is 2. The van der Waals surface area contributed by atoms with Gasteiger partial charge in [-0.2, -0.15) is 0 Å². The Labute approximate surface area is 233 Å². The van der Waals surface area contributed by atoms with Crippen molar-refractivity contribution in [2.75, 3.05) is 26.2 Å². The lowest BCUT2D eigenvalue weighted by atomic mass is 9.89. The molecule has 1 saturated heterocycles. The largest absolute Gasteiger partial charge is 0.489 e. The number of benzene rings is 1. The Kier molecular flexibility index (Phi) is 13.4.